The number of nitrogens with zero attached hydrogens (tertiary/aromatic N) is 1. The van der Waals surface area contributed by atoms with E-state index in [9.17, 15) is 4.79 Å². The highest BCUT2D eigenvalue weighted by Crippen LogP contribution is 2.36. The van der Waals surface area contributed by atoms with Gasteiger partial charge in [-0.05, 0) is 42.9 Å². The molecule has 2 atom stereocenters. The van der Waals surface area contributed by atoms with E-state index in [0.29, 0.717) is 5.92 Å². The summed E-state index contributed by atoms with van der Waals surface area (Å²) in [5.74, 6) is 0.899. The second-order valence-corrected chi connectivity index (χ2v) is 6.22. The lowest BCUT2D eigenvalue weighted by Crippen LogP contribution is -2.35. The smallest absolute Gasteiger partial charge is 0.230 e. The zero-order valence-electron chi connectivity index (χ0n) is 13.1. The SMILES string of the molecule is CN(C(=O)[C@@H]1CCC[C@@H]1Cc1ccccc1)c1ccccc1. The molecular weight excluding hydrogens is 270 g/mol. The van der Waals surface area contributed by atoms with Crippen molar-refractivity contribution in [1.29, 1.82) is 0 Å². The van der Waals surface area contributed by atoms with Crippen LogP contribution in [0.15, 0.2) is 60.7 Å². The average Bonchev–Trinajstić information content (AvgIpc) is 3.03. The van der Waals surface area contributed by atoms with Gasteiger partial charge in [-0.15, -0.1) is 0 Å². The zero-order chi connectivity index (χ0) is 15.4. The lowest BCUT2D eigenvalue weighted by molar-refractivity contribution is -0.123. The number of benzene rings is 2. The van der Waals surface area contributed by atoms with Gasteiger partial charge in [0.1, 0.15) is 0 Å². The van der Waals surface area contributed by atoms with Crippen molar-refractivity contribution in [2.75, 3.05) is 11.9 Å². The maximum Gasteiger partial charge on any atom is 0.230 e. The number of hydrogen-bond acceptors (Lipinski definition) is 1. The number of para-hydroxylation sites is 1. The standard InChI is InChI=1S/C20H23NO/c1-21(18-12-6-3-7-13-18)20(22)19-14-8-11-17(19)15-16-9-4-2-5-10-16/h2-7,9-10,12-13,17,19H,8,11,14-15H2,1H3/t17-,19-/m1/s1. The van der Waals surface area contributed by atoms with Gasteiger partial charge in [0, 0.05) is 18.7 Å². The lowest BCUT2D eigenvalue weighted by Gasteiger charge is -2.25. The van der Waals surface area contributed by atoms with Crippen molar-refractivity contribution in [3.05, 3.63) is 66.2 Å². The molecule has 1 amide bonds. The number of carbonyl (C=O) groups excluding carboxylic acids is 1. The Morgan fingerprint density at radius 3 is 2.32 bits per heavy atom. The molecule has 22 heavy (non-hydrogen) atoms. The highest BCUT2D eigenvalue weighted by atomic mass is 16.2. The first-order chi connectivity index (χ1) is 10.8. The van der Waals surface area contributed by atoms with Crippen LogP contribution in [0.2, 0.25) is 0 Å². The summed E-state index contributed by atoms with van der Waals surface area (Å²) in [5, 5.41) is 0. The van der Waals surface area contributed by atoms with Crippen molar-refractivity contribution in [2.24, 2.45) is 11.8 Å². The Labute approximate surface area is 132 Å². The van der Waals surface area contributed by atoms with E-state index in [1.54, 1.807) is 0 Å². The highest BCUT2D eigenvalue weighted by Gasteiger charge is 2.34. The van der Waals surface area contributed by atoms with Crippen LogP contribution >= 0.6 is 0 Å². The minimum Gasteiger partial charge on any atom is -0.315 e. The highest BCUT2D eigenvalue weighted by molar-refractivity contribution is 5.94. The molecule has 0 bridgehead atoms. The topological polar surface area (TPSA) is 20.3 Å². The number of carbonyl (C=O) groups is 1. The Bertz CT molecular complexity index is 608. The number of amides is 1. The monoisotopic (exact) mass is 293 g/mol. The molecule has 0 aliphatic heterocycles. The van der Waals surface area contributed by atoms with E-state index in [0.717, 1.165) is 31.4 Å². The number of anilines is 1. The van der Waals surface area contributed by atoms with Gasteiger partial charge in [0.2, 0.25) is 5.91 Å². The van der Waals surface area contributed by atoms with Gasteiger partial charge in [-0.3, -0.25) is 4.79 Å². The molecule has 114 valence electrons. The van der Waals surface area contributed by atoms with E-state index >= 15 is 0 Å². The van der Waals surface area contributed by atoms with Crippen LogP contribution in [0.4, 0.5) is 5.69 Å². The molecule has 0 spiro atoms. The summed E-state index contributed by atoms with van der Waals surface area (Å²) in [6.07, 6.45) is 4.36. The largest absolute Gasteiger partial charge is 0.315 e. The first kappa shape index (κ1) is 14.8. The van der Waals surface area contributed by atoms with Crippen LogP contribution in [-0.4, -0.2) is 13.0 Å². The molecule has 1 saturated carbocycles. The molecule has 1 aliphatic rings. The molecule has 3 rings (SSSR count). The van der Waals surface area contributed by atoms with Crippen LogP contribution < -0.4 is 4.90 Å². The van der Waals surface area contributed by atoms with Gasteiger partial charge in [-0.2, -0.15) is 0 Å². The van der Waals surface area contributed by atoms with Crippen LogP contribution in [0.1, 0.15) is 24.8 Å². The Morgan fingerprint density at radius 1 is 1.00 bits per heavy atom. The Morgan fingerprint density at radius 2 is 1.64 bits per heavy atom. The van der Waals surface area contributed by atoms with Crippen molar-refractivity contribution in [1.82, 2.24) is 0 Å². The summed E-state index contributed by atoms with van der Waals surface area (Å²) in [5.41, 5.74) is 2.33. The molecule has 1 aliphatic carbocycles. The summed E-state index contributed by atoms with van der Waals surface area (Å²) in [7, 11) is 1.90. The molecule has 2 heteroatoms. The van der Waals surface area contributed by atoms with E-state index in [1.807, 2.05) is 48.3 Å². The van der Waals surface area contributed by atoms with Crippen molar-refractivity contribution >= 4 is 11.6 Å². The summed E-state index contributed by atoms with van der Waals surface area (Å²) < 4.78 is 0. The van der Waals surface area contributed by atoms with Crippen LogP contribution in [-0.2, 0) is 11.2 Å². The Balaban J connectivity index is 1.71. The normalized spacial score (nSPS) is 20.8. The maximum atomic E-state index is 12.9. The van der Waals surface area contributed by atoms with Crippen LogP contribution in [0.5, 0.6) is 0 Å². The van der Waals surface area contributed by atoms with E-state index in [1.165, 1.54) is 5.56 Å². The number of rotatable bonds is 4. The van der Waals surface area contributed by atoms with Crippen LogP contribution in [0, 0.1) is 11.8 Å². The van der Waals surface area contributed by atoms with Gasteiger partial charge < -0.3 is 4.90 Å². The van der Waals surface area contributed by atoms with Gasteiger partial charge in [-0.25, -0.2) is 0 Å². The van der Waals surface area contributed by atoms with Crippen molar-refractivity contribution in [3.8, 4) is 0 Å². The number of hydrogen-bond donors (Lipinski definition) is 0. The third kappa shape index (κ3) is 3.22. The molecule has 0 heterocycles. The zero-order valence-corrected chi connectivity index (χ0v) is 13.1. The molecule has 2 nitrogen and oxygen atoms in total. The molecule has 2 aromatic carbocycles. The molecule has 0 aromatic heterocycles. The van der Waals surface area contributed by atoms with Gasteiger partial charge in [-0.1, -0.05) is 55.0 Å². The quantitative estimate of drug-likeness (QED) is 0.822. The molecule has 1 fully saturated rings. The van der Waals surface area contributed by atoms with Crippen molar-refractivity contribution in [2.45, 2.75) is 25.7 Å². The fraction of sp³-hybridized carbons (Fsp3) is 0.350. The van der Waals surface area contributed by atoms with E-state index in [4.69, 9.17) is 0 Å². The molecule has 0 saturated heterocycles. The summed E-state index contributed by atoms with van der Waals surface area (Å²) in [6, 6.07) is 20.5. The fourth-order valence-electron chi connectivity index (χ4n) is 3.55. The Hall–Kier alpha value is -2.09. The van der Waals surface area contributed by atoms with Gasteiger partial charge in [0.05, 0.1) is 0 Å². The minimum atomic E-state index is 0.158. The predicted molar refractivity (Wildman–Crippen MR) is 90.8 cm³/mol. The van der Waals surface area contributed by atoms with Crippen LogP contribution in [0.25, 0.3) is 0 Å². The molecule has 0 unspecified atom stereocenters. The summed E-state index contributed by atoms with van der Waals surface area (Å²) >= 11 is 0. The average molecular weight is 293 g/mol. The molecule has 2 aromatic rings. The minimum absolute atomic E-state index is 0.158. The van der Waals surface area contributed by atoms with E-state index in [2.05, 4.69) is 24.3 Å². The Kier molecular flexibility index (Phi) is 4.57. The van der Waals surface area contributed by atoms with Crippen molar-refractivity contribution < 1.29 is 4.79 Å². The maximum absolute atomic E-state index is 12.9. The first-order valence-electron chi connectivity index (χ1n) is 8.12. The van der Waals surface area contributed by atoms with E-state index in [-0.39, 0.29) is 11.8 Å². The van der Waals surface area contributed by atoms with Crippen LogP contribution in [0.3, 0.4) is 0 Å². The summed E-state index contributed by atoms with van der Waals surface area (Å²) in [6.45, 7) is 0. The van der Waals surface area contributed by atoms with Crippen molar-refractivity contribution in [3.63, 3.8) is 0 Å². The van der Waals surface area contributed by atoms with E-state index < -0.39 is 0 Å². The second kappa shape index (κ2) is 6.78. The third-order valence-electron chi connectivity index (χ3n) is 4.79. The lowest BCUT2D eigenvalue weighted by atomic mass is 9.88. The van der Waals surface area contributed by atoms with Gasteiger partial charge >= 0.3 is 0 Å². The first-order valence-corrected chi connectivity index (χ1v) is 8.12. The second-order valence-electron chi connectivity index (χ2n) is 6.22. The molecule has 0 N–H and O–H groups in total. The van der Waals surface area contributed by atoms with Gasteiger partial charge in [0.15, 0.2) is 0 Å². The fourth-order valence-corrected chi connectivity index (χ4v) is 3.55. The molecular formula is C20H23NO. The summed E-state index contributed by atoms with van der Waals surface area (Å²) in [4.78, 5) is 14.7. The third-order valence-corrected chi connectivity index (χ3v) is 4.79. The molecule has 0 radical (unpaired) electrons. The predicted octanol–water partition coefficient (Wildman–Crippen LogP) is 4.31. The van der Waals surface area contributed by atoms with Gasteiger partial charge in [0.25, 0.3) is 0 Å².